The summed E-state index contributed by atoms with van der Waals surface area (Å²) in [5, 5.41) is 2.78. The highest BCUT2D eigenvalue weighted by Gasteiger charge is 2.54. The molecule has 2 saturated heterocycles. The maximum absolute atomic E-state index is 13.0. The van der Waals surface area contributed by atoms with Gasteiger partial charge in [0.15, 0.2) is 0 Å². The second-order valence-electron chi connectivity index (χ2n) is 7.99. The van der Waals surface area contributed by atoms with Crippen LogP contribution in [0.25, 0.3) is 0 Å². The first-order valence-electron chi connectivity index (χ1n) is 9.69. The van der Waals surface area contributed by atoms with Crippen LogP contribution in [0.1, 0.15) is 32.1 Å². The second kappa shape index (κ2) is 7.00. The fraction of sp³-hybridized carbons (Fsp3) is 0.500. The first-order chi connectivity index (χ1) is 13.4. The normalized spacial score (nSPS) is 23.7. The SMILES string of the molecule is C=CC(=O)N1CC2(CC2)C[C@H]1C(=O)Nc1ccccc1S(=O)(=O)N1CCCC1. The first-order valence-corrected chi connectivity index (χ1v) is 11.1. The van der Waals surface area contributed by atoms with Crippen molar-refractivity contribution in [2.24, 2.45) is 5.41 Å². The van der Waals surface area contributed by atoms with Crippen LogP contribution >= 0.6 is 0 Å². The fourth-order valence-electron chi connectivity index (χ4n) is 4.26. The Morgan fingerprint density at radius 3 is 2.50 bits per heavy atom. The van der Waals surface area contributed by atoms with Crippen molar-refractivity contribution >= 4 is 27.5 Å². The molecule has 150 valence electrons. The molecule has 4 rings (SSSR count). The summed E-state index contributed by atoms with van der Waals surface area (Å²) in [5.74, 6) is -0.607. The van der Waals surface area contributed by atoms with E-state index in [-0.39, 0.29) is 27.8 Å². The van der Waals surface area contributed by atoms with Crippen LogP contribution < -0.4 is 5.32 Å². The van der Waals surface area contributed by atoms with E-state index < -0.39 is 16.1 Å². The van der Waals surface area contributed by atoms with Crippen LogP contribution in [-0.4, -0.2) is 55.1 Å². The number of carbonyl (C=O) groups excluding carboxylic acids is 2. The van der Waals surface area contributed by atoms with Gasteiger partial charge in [-0.3, -0.25) is 9.59 Å². The molecule has 1 atom stereocenters. The molecule has 0 radical (unpaired) electrons. The van der Waals surface area contributed by atoms with Crippen molar-refractivity contribution in [1.29, 1.82) is 0 Å². The van der Waals surface area contributed by atoms with Crippen molar-refractivity contribution in [3.05, 3.63) is 36.9 Å². The van der Waals surface area contributed by atoms with Crippen molar-refractivity contribution in [2.75, 3.05) is 25.0 Å². The molecule has 1 aromatic rings. The Morgan fingerprint density at radius 1 is 1.18 bits per heavy atom. The number of anilines is 1. The molecule has 0 bridgehead atoms. The number of nitrogens with zero attached hydrogens (tertiary/aromatic N) is 2. The summed E-state index contributed by atoms with van der Waals surface area (Å²) in [4.78, 5) is 26.9. The number of para-hydroxylation sites is 1. The first kappa shape index (κ1) is 19.1. The van der Waals surface area contributed by atoms with Crippen molar-refractivity contribution in [2.45, 2.75) is 43.0 Å². The average molecular weight is 404 g/mol. The van der Waals surface area contributed by atoms with Gasteiger partial charge in [0.1, 0.15) is 10.9 Å². The van der Waals surface area contributed by atoms with Crippen LogP contribution in [-0.2, 0) is 19.6 Å². The topological polar surface area (TPSA) is 86.8 Å². The molecular weight excluding hydrogens is 378 g/mol. The van der Waals surface area contributed by atoms with Gasteiger partial charge in [0.05, 0.1) is 5.69 Å². The Hall–Kier alpha value is -2.19. The molecule has 1 aliphatic carbocycles. The summed E-state index contributed by atoms with van der Waals surface area (Å²) in [6, 6.07) is 5.87. The second-order valence-corrected chi connectivity index (χ2v) is 9.89. The molecule has 2 heterocycles. The van der Waals surface area contributed by atoms with Gasteiger partial charge in [-0.25, -0.2) is 8.42 Å². The number of benzene rings is 1. The van der Waals surface area contributed by atoms with Gasteiger partial charge in [-0.05, 0) is 55.7 Å². The van der Waals surface area contributed by atoms with Gasteiger partial charge in [0, 0.05) is 19.6 Å². The van der Waals surface area contributed by atoms with E-state index in [1.54, 1.807) is 23.1 Å². The molecule has 28 heavy (non-hydrogen) atoms. The highest BCUT2D eigenvalue weighted by molar-refractivity contribution is 7.89. The van der Waals surface area contributed by atoms with Crippen LogP contribution in [0, 0.1) is 5.41 Å². The lowest BCUT2D eigenvalue weighted by Gasteiger charge is -2.23. The van der Waals surface area contributed by atoms with Crippen LogP contribution in [0.5, 0.6) is 0 Å². The van der Waals surface area contributed by atoms with E-state index in [4.69, 9.17) is 0 Å². The van der Waals surface area contributed by atoms with Gasteiger partial charge in [-0.2, -0.15) is 4.31 Å². The Balaban J connectivity index is 1.58. The monoisotopic (exact) mass is 403 g/mol. The number of likely N-dealkylation sites (tertiary alicyclic amines) is 1. The summed E-state index contributed by atoms with van der Waals surface area (Å²) < 4.78 is 27.4. The van der Waals surface area contributed by atoms with Crippen LogP contribution in [0.2, 0.25) is 0 Å². The summed E-state index contributed by atoms with van der Waals surface area (Å²) in [7, 11) is -3.66. The van der Waals surface area contributed by atoms with Gasteiger partial charge in [-0.15, -0.1) is 0 Å². The molecule has 1 N–H and O–H groups in total. The third-order valence-corrected chi connectivity index (χ3v) is 8.01. The molecule has 1 saturated carbocycles. The molecule has 2 amide bonds. The highest BCUT2D eigenvalue weighted by Crippen LogP contribution is 2.55. The van der Waals surface area contributed by atoms with E-state index in [2.05, 4.69) is 11.9 Å². The predicted octanol–water partition coefficient (Wildman–Crippen LogP) is 1.98. The van der Waals surface area contributed by atoms with E-state index in [1.807, 2.05) is 0 Å². The number of hydrogen-bond donors (Lipinski definition) is 1. The van der Waals surface area contributed by atoms with Gasteiger partial charge < -0.3 is 10.2 Å². The zero-order valence-electron chi connectivity index (χ0n) is 15.8. The summed E-state index contributed by atoms with van der Waals surface area (Å²) in [6.45, 7) is 5.09. The van der Waals surface area contributed by atoms with Crippen LogP contribution in [0.3, 0.4) is 0 Å². The number of sulfonamides is 1. The Kier molecular flexibility index (Phi) is 4.79. The Labute approximate surface area is 165 Å². The minimum Gasteiger partial charge on any atom is -0.327 e. The number of hydrogen-bond acceptors (Lipinski definition) is 4. The quantitative estimate of drug-likeness (QED) is 0.762. The van der Waals surface area contributed by atoms with Crippen LogP contribution in [0.15, 0.2) is 41.8 Å². The van der Waals surface area contributed by atoms with Gasteiger partial charge in [0.2, 0.25) is 21.8 Å². The largest absolute Gasteiger partial charge is 0.327 e. The summed E-state index contributed by atoms with van der Waals surface area (Å²) in [5.41, 5.74) is 0.309. The molecule has 3 fully saturated rings. The predicted molar refractivity (Wildman–Crippen MR) is 105 cm³/mol. The number of carbonyl (C=O) groups is 2. The lowest BCUT2D eigenvalue weighted by molar-refractivity contribution is -0.132. The van der Waals surface area contributed by atoms with E-state index in [9.17, 15) is 18.0 Å². The summed E-state index contributed by atoms with van der Waals surface area (Å²) in [6.07, 6.45) is 5.55. The Morgan fingerprint density at radius 2 is 1.86 bits per heavy atom. The van der Waals surface area contributed by atoms with Crippen molar-refractivity contribution in [1.82, 2.24) is 9.21 Å². The van der Waals surface area contributed by atoms with E-state index in [0.29, 0.717) is 26.1 Å². The average Bonchev–Trinajstić information content (AvgIpc) is 3.09. The molecule has 8 heteroatoms. The third-order valence-electron chi connectivity index (χ3n) is 6.05. The lowest BCUT2D eigenvalue weighted by atomic mass is 10.0. The van der Waals surface area contributed by atoms with E-state index >= 15 is 0 Å². The van der Waals surface area contributed by atoms with E-state index in [1.165, 1.54) is 16.4 Å². The zero-order chi connectivity index (χ0) is 19.9. The van der Waals surface area contributed by atoms with Crippen molar-refractivity contribution in [3.8, 4) is 0 Å². The minimum atomic E-state index is -3.66. The Bertz CT molecular complexity index is 917. The van der Waals surface area contributed by atoms with Gasteiger partial charge in [-0.1, -0.05) is 18.7 Å². The lowest BCUT2D eigenvalue weighted by Crippen LogP contribution is -2.42. The smallest absolute Gasteiger partial charge is 0.247 e. The number of nitrogens with one attached hydrogen (secondary N) is 1. The molecule has 2 aliphatic heterocycles. The molecule has 1 aromatic carbocycles. The van der Waals surface area contributed by atoms with Gasteiger partial charge >= 0.3 is 0 Å². The summed E-state index contributed by atoms with van der Waals surface area (Å²) >= 11 is 0. The van der Waals surface area contributed by atoms with E-state index in [0.717, 1.165) is 25.7 Å². The third kappa shape index (κ3) is 3.35. The van der Waals surface area contributed by atoms with Gasteiger partial charge in [0.25, 0.3) is 0 Å². The van der Waals surface area contributed by atoms with Crippen LogP contribution in [0.4, 0.5) is 5.69 Å². The molecule has 7 nitrogen and oxygen atoms in total. The minimum absolute atomic E-state index is 0.0435. The highest BCUT2D eigenvalue weighted by atomic mass is 32.2. The fourth-order valence-corrected chi connectivity index (χ4v) is 5.92. The van der Waals surface area contributed by atoms with Crippen molar-refractivity contribution in [3.63, 3.8) is 0 Å². The molecule has 1 spiro atoms. The maximum Gasteiger partial charge on any atom is 0.247 e. The maximum atomic E-state index is 13.0. The standard InChI is InChI=1S/C20H25N3O4S/c1-2-18(24)23-14-20(9-10-20)13-16(23)19(25)21-15-7-3-4-8-17(15)28(26,27)22-11-5-6-12-22/h2-4,7-8,16H,1,5-6,9-14H2,(H,21,25)/t16-/m0/s1. The van der Waals surface area contributed by atoms with Crippen molar-refractivity contribution < 1.29 is 18.0 Å². The molecule has 0 aromatic heterocycles. The molecule has 0 unspecified atom stereocenters. The molecule has 3 aliphatic rings. The zero-order valence-corrected chi connectivity index (χ0v) is 16.6. The number of rotatable bonds is 5. The molecular formula is C20H25N3O4S. The number of amides is 2.